The highest BCUT2D eigenvalue weighted by Gasteiger charge is 2.20. The quantitative estimate of drug-likeness (QED) is 0.875. The molecule has 1 aliphatic heterocycles. The Morgan fingerprint density at radius 1 is 1.50 bits per heavy atom. The van der Waals surface area contributed by atoms with Gasteiger partial charge in [-0.3, -0.25) is 4.79 Å². The first-order valence-electron chi connectivity index (χ1n) is 6.99. The second kappa shape index (κ2) is 8.82. The second-order valence-corrected chi connectivity index (χ2v) is 4.84. The van der Waals surface area contributed by atoms with E-state index in [-0.39, 0.29) is 24.2 Å². The highest BCUT2D eigenvalue weighted by molar-refractivity contribution is 5.85. The first-order valence-corrected chi connectivity index (χ1v) is 6.99. The zero-order valence-corrected chi connectivity index (χ0v) is 12.7. The van der Waals surface area contributed by atoms with Crippen molar-refractivity contribution in [3.05, 3.63) is 29.8 Å². The number of hydrogen-bond donors (Lipinski definition) is 2. The van der Waals surface area contributed by atoms with Crippen molar-refractivity contribution in [3.63, 3.8) is 0 Å². The number of rotatable bonds is 5. The Balaban J connectivity index is 0.00000200. The molecular weight excluding hydrogens is 276 g/mol. The molecule has 0 aromatic heterocycles. The summed E-state index contributed by atoms with van der Waals surface area (Å²) in [4.78, 5) is 12.0. The van der Waals surface area contributed by atoms with Crippen LogP contribution in [-0.2, 0) is 11.3 Å². The van der Waals surface area contributed by atoms with E-state index in [2.05, 4.69) is 10.6 Å². The lowest BCUT2D eigenvalue weighted by molar-refractivity contribution is -0.125. The minimum absolute atomic E-state index is 0. The van der Waals surface area contributed by atoms with Crippen LogP contribution in [0.2, 0.25) is 0 Å². The number of carbonyl (C=O) groups is 1. The van der Waals surface area contributed by atoms with Crippen LogP contribution >= 0.6 is 12.4 Å². The number of amides is 1. The molecule has 112 valence electrons. The van der Waals surface area contributed by atoms with Gasteiger partial charge in [0.2, 0.25) is 5.91 Å². The fraction of sp³-hybridized carbons (Fsp3) is 0.533. The molecule has 0 spiro atoms. The third-order valence-electron chi connectivity index (χ3n) is 3.34. The van der Waals surface area contributed by atoms with Crippen LogP contribution < -0.4 is 15.4 Å². The summed E-state index contributed by atoms with van der Waals surface area (Å²) in [6.45, 7) is 5.01. The predicted octanol–water partition coefficient (Wildman–Crippen LogP) is 2.12. The van der Waals surface area contributed by atoms with E-state index in [1.54, 1.807) is 0 Å². The van der Waals surface area contributed by atoms with E-state index >= 15 is 0 Å². The standard InChI is InChI=1S/C15H22N2O2.ClH/c1-2-19-14-7-3-5-12(9-14)10-17-15(18)13-6-4-8-16-11-13;/h3,5,7,9,13,16H,2,4,6,8,10-11H2,1H3,(H,17,18);1H. The molecule has 1 aromatic carbocycles. The summed E-state index contributed by atoms with van der Waals surface area (Å²) < 4.78 is 5.45. The Kier molecular flexibility index (Phi) is 7.41. The first kappa shape index (κ1) is 16.8. The molecule has 0 radical (unpaired) electrons. The van der Waals surface area contributed by atoms with Gasteiger partial charge in [0.25, 0.3) is 0 Å². The molecule has 2 N–H and O–H groups in total. The summed E-state index contributed by atoms with van der Waals surface area (Å²) in [7, 11) is 0. The van der Waals surface area contributed by atoms with Crippen molar-refractivity contribution in [2.75, 3.05) is 19.7 Å². The molecule has 1 aromatic rings. The molecule has 2 rings (SSSR count). The van der Waals surface area contributed by atoms with Crippen LogP contribution in [0.3, 0.4) is 0 Å². The van der Waals surface area contributed by atoms with Crippen LogP contribution in [-0.4, -0.2) is 25.6 Å². The van der Waals surface area contributed by atoms with Gasteiger partial charge in [0.15, 0.2) is 0 Å². The number of benzene rings is 1. The zero-order chi connectivity index (χ0) is 13.5. The molecule has 1 atom stereocenters. The molecule has 1 heterocycles. The molecule has 0 aliphatic carbocycles. The lowest BCUT2D eigenvalue weighted by Crippen LogP contribution is -2.40. The van der Waals surface area contributed by atoms with E-state index < -0.39 is 0 Å². The highest BCUT2D eigenvalue weighted by atomic mass is 35.5. The van der Waals surface area contributed by atoms with E-state index in [1.807, 2.05) is 31.2 Å². The molecule has 1 aliphatic rings. The van der Waals surface area contributed by atoms with Gasteiger partial charge in [-0.2, -0.15) is 0 Å². The van der Waals surface area contributed by atoms with Crippen molar-refractivity contribution in [2.24, 2.45) is 5.92 Å². The SMILES string of the molecule is CCOc1cccc(CNC(=O)C2CCCNC2)c1.Cl. The molecule has 1 amide bonds. The van der Waals surface area contributed by atoms with E-state index in [1.165, 1.54) is 0 Å². The monoisotopic (exact) mass is 298 g/mol. The normalized spacial score (nSPS) is 17.9. The van der Waals surface area contributed by atoms with Crippen LogP contribution in [0.1, 0.15) is 25.3 Å². The molecule has 1 saturated heterocycles. The van der Waals surface area contributed by atoms with Crippen LogP contribution in [0.4, 0.5) is 0 Å². The third kappa shape index (κ3) is 5.02. The van der Waals surface area contributed by atoms with E-state index in [4.69, 9.17) is 4.74 Å². The number of halogens is 1. The summed E-state index contributed by atoms with van der Waals surface area (Å²) in [6, 6.07) is 7.86. The lowest BCUT2D eigenvalue weighted by atomic mass is 9.99. The number of ether oxygens (including phenoxy) is 1. The van der Waals surface area contributed by atoms with Crippen molar-refractivity contribution < 1.29 is 9.53 Å². The van der Waals surface area contributed by atoms with Crippen LogP contribution in [0.25, 0.3) is 0 Å². The van der Waals surface area contributed by atoms with Crippen LogP contribution in [0, 0.1) is 5.92 Å². The topological polar surface area (TPSA) is 50.4 Å². The maximum Gasteiger partial charge on any atom is 0.224 e. The maximum absolute atomic E-state index is 12.0. The van der Waals surface area contributed by atoms with Crippen LogP contribution in [0.15, 0.2) is 24.3 Å². The fourth-order valence-corrected chi connectivity index (χ4v) is 2.32. The molecule has 1 fully saturated rings. The largest absolute Gasteiger partial charge is 0.494 e. The van der Waals surface area contributed by atoms with Crippen molar-refractivity contribution in [1.82, 2.24) is 10.6 Å². The van der Waals surface area contributed by atoms with Gasteiger partial charge in [0, 0.05) is 13.1 Å². The molecule has 20 heavy (non-hydrogen) atoms. The third-order valence-corrected chi connectivity index (χ3v) is 3.34. The van der Waals surface area contributed by atoms with Gasteiger partial charge in [-0.15, -0.1) is 12.4 Å². The molecule has 5 heteroatoms. The average Bonchev–Trinajstić information content (AvgIpc) is 2.46. The Hall–Kier alpha value is -1.26. The maximum atomic E-state index is 12.0. The average molecular weight is 299 g/mol. The van der Waals surface area contributed by atoms with Gasteiger partial charge < -0.3 is 15.4 Å². The summed E-state index contributed by atoms with van der Waals surface area (Å²) >= 11 is 0. The summed E-state index contributed by atoms with van der Waals surface area (Å²) in [5, 5.41) is 6.26. The minimum Gasteiger partial charge on any atom is -0.494 e. The molecule has 0 saturated carbocycles. The van der Waals surface area contributed by atoms with Crippen LogP contribution in [0.5, 0.6) is 5.75 Å². The Morgan fingerprint density at radius 2 is 2.35 bits per heavy atom. The molecular formula is C15H23ClN2O2. The van der Waals surface area contributed by atoms with E-state index in [9.17, 15) is 4.79 Å². The van der Waals surface area contributed by atoms with Gasteiger partial charge >= 0.3 is 0 Å². The van der Waals surface area contributed by atoms with Gasteiger partial charge in [-0.25, -0.2) is 0 Å². The van der Waals surface area contributed by atoms with E-state index in [0.29, 0.717) is 13.2 Å². The van der Waals surface area contributed by atoms with Crippen molar-refractivity contribution in [3.8, 4) is 5.75 Å². The zero-order valence-electron chi connectivity index (χ0n) is 11.9. The van der Waals surface area contributed by atoms with E-state index in [0.717, 1.165) is 37.2 Å². The van der Waals surface area contributed by atoms with Crippen molar-refractivity contribution in [2.45, 2.75) is 26.3 Å². The molecule has 4 nitrogen and oxygen atoms in total. The minimum atomic E-state index is 0. The molecule has 0 bridgehead atoms. The smallest absolute Gasteiger partial charge is 0.224 e. The predicted molar refractivity (Wildman–Crippen MR) is 82.3 cm³/mol. The van der Waals surface area contributed by atoms with Gasteiger partial charge in [-0.1, -0.05) is 12.1 Å². The lowest BCUT2D eigenvalue weighted by Gasteiger charge is -2.21. The summed E-state index contributed by atoms with van der Waals surface area (Å²) in [5.74, 6) is 1.12. The molecule has 1 unspecified atom stereocenters. The number of nitrogens with one attached hydrogen (secondary N) is 2. The van der Waals surface area contributed by atoms with Gasteiger partial charge in [-0.05, 0) is 44.0 Å². The Labute approximate surface area is 126 Å². The number of carbonyl (C=O) groups excluding carboxylic acids is 1. The van der Waals surface area contributed by atoms with Crippen molar-refractivity contribution >= 4 is 18.3 Å². The Morgan fingerprint density at radius 3 is 3.05 bits per heavy atom. The summed E-state index contributed by atoms with van der Waals surface area (Å²) in [5.41, 5.74) is 1.07. The first-order chi connectivity index (χ1) is 9.29. The summed E-state index contributed by atoms with van der Waals surface area (Å²) in [6.07, 6.45) is 2.07. The van der Waals surface area contributed by atoms with Crippen molar-refractivity contribution in [1.29, 1.82) is 0 Å². The second-order valence-electron chi connectivity index (χ2n) is 4.84. The van der Waals surface area contributed by atoms with Gasteiger partial charge in [0.05, 0.1) is 12.5 Å². The highest BCUT2D eigenvalue weighted by Crippen LogP contribution is 2.14. The number of hydrogen-bond acceptors (Lipinski definition) is 3. The number of piperidine rings is 1. The fourth-order valence-electron chi connectivity index (χ4n) is 2.32. The Bertz CT molecular complexity index is 420. The van der Waals surface area contributed by atoms with Gasteiger partial charge in [0.1, 0.15) is 5.75 Å².